The van der Waals surface area contributed by atoms with Crippen LogP contribution in [0.2, 0.25) is 0 Å². The van der Waals surface area contributed by atoms with Gasteiger partial charge in [-0.1, -0.05) is 43.2 Å². The molecule has 4 nitrogen and oxygen atoms in total. The number of benzene rings is 1. The van der Waals surface area contributed by atoms with Crippen LogP contribution in [0, 0.1) is 5.92 Å². The molecule has 1 saturated carbocycles. The lowest BCUT2D eigenvalue weighted by molar-refractivity contribution is -0.143. The van der Waals surface area contributed by atoms with Gasteiger partial charge in [0.25, 0.3) is 5.91 Å². The molecule has 2 unspecified atom stereocenters. The molecule has 1 saturated heterocycles. The lowest BCUT2D eigenvalue weighted by atomic mass is 9.80. The Labute approximate surface area is 151 Å². The number of nitrogens with zero attached hydrogens (tertiary/aromatic N) is 2. The zero-order chi connectivity index (χ0) is 17.8. The molecule has 1 amide bonds. The van der Waals surface area contributed by atoms with E-state index in [0.717, 1.165) is 44.3 Å². The van der Waals surface area contributed by atoms with Gasteiger partial charge in [-0.25, -0.2) is 0 Å². The van der Waals surface area contributed by atoms with Crippen LogP contribution < -0.4 is 0 Å². The number of hydrogen-bond donors (Lipinski definition) is 1. The summed E-state index contributed by atoms with van der Waals surface area (Å²) in [5, 5.41) is 11.0. The van der Waals surface area contributed by atoms with Gasteiger partial charge < -0.3 is 14.9 Å². The molecule has 1 aromatic carbocycles. The fraction of sp³-hybridized carbons (Fsp3) is 0.667. The molecule has 0 bridgehead atoms. The van der Waals surface area contributed by atoms with Gasteiger partial charge in [-0.3, -0.25) is 4.79 Å². The third-order valence-electron chi connectivity index (χ3n) is 6.27. The highest BCUT2D eigenvalue weighted by atomic mass is 16.3. The van der Waals surface area contributed by atoms with Crippen molar-refractivity contribution in [2.45, 2.75) is 56.6 Å². The molecule has 0 spiro atoms. The summed E-state index contributed by atoms with van der Waals surface area (Å²) in [7, 11) is 4.00. The van der Waals surface area contributed by atoms with Crippen LogP contribution in [-0.2, 0) is 4.79 Å². The van der Waals surface area contributed by atoms with Gasteiger partial charge in [0.1, 0.15) is 6.10 Å². The van der Waals surface area contributed by atoms with Gasteiger partial charge in [0.2, 0.25) is 0 Å². The third-order valence-corrected chi connectivity index (χ3v) is 6.27. The highest BCUT2D eigenvalue weighted by Crippen LogP contribution is 2.40. The lowest BCUT2D eigenvalue weighted by Crippen LogP contribution is -2.49. The highest BCUT2D eigenvalue weighted by Gasteiger charge is 2.38. The topological polar surface area (TPSA) is 43.8 Å². The van der Waals surface area contributed by atoms with Gasteiger partial charge in [-0.15, -0.1) is 0 Å². The van der Waals surface area contributed by atoms with Gasteiger partial charge in [0, 0.05) is 19.0 Å². The standard InChI is InChI=1S/C21H32N2O2/c1-22-14-12-18(13-15-22)23(2)21(25)20(24)19(17-10-6-7-11-17)16-8-4-3-5-9-16/h3-5,8-9,17-20,24H,6-7,10-15H2,1-2H3. The molecule has 138 valence electrons. The van der Waals surface area contributed by atoms with E-state index in [1.165, 1.54) is 12.8 Å². The molecule has 0 radical (unpaired) electrons. The number of likely N-dealkylation sites (tertiary alicyclic amines) is 1. The largest absolute Gasteiger partial charge is 0.383 e. The van der Waals surface area contributed by atoms with Crippen molar-refractivity contribution < 1.29 is 9.90 Å². The highest BCUT2D eigenvalue weighted by molar-refractivity contribution is 5.82. The van der Waals surface area contributed by atoms with Gasteiger partial charge in [0.05, 0.1) is 0 Å². The molecular formula is C21H32N2O2. The zero-order valence-corrected chi connectivity index (χ0v) is 15.6. The Bertz CT molecular complexity index is 548. The first-order valence-corrected chi connectivity index (χ1v) is 9.76. The number of rotatable bonds is 5. The second kappa shape index (κ2) is 8.33. The predicted octanol–water partition coefficient (Wildman–Crippen LogP) is 2.87. The molecule has 2 atom stereocenters. The minimum absolute atomic E-state index is 0.0788. The van der Waals surface area contributed by atoms with Crippen molar-refractivity contribution in [3.05, 3.63) is 35.9 Å². The van der Waals surface area contributed by atoms with Crippen molar-refractivity contribution in [2.24, 2.45) is 5.92 Å². The quantitative estimate of drug-likeness (QED) is 0.893. The maximum absolute atomic E-state index is 13.1. The predicted molar refractivity (Wildman–Crippen MR) is 100 cm³/mol. The van der Waals surface area contributed by atoms with Crippen LogP contribution in [0.5, 0.6) is 0 Å². The second-order valence-electron chi connectivity index (χ2n) is 7.91. The molecule has 1 aromatic rings. The summed E-state index contributed by atoms with van der Waals surface area (Å²) in [6, 6.07) is 10.4. The molecule has 25 heavy (non-hydrogen) atoms. The zero-order valence-electron chi connectivity index (χ0n) is 15.6. The number of piperidine rings is 1. The van der Waals surface area contributed by atoms with Crippen LogP contribution in [0.25, 0.3) is 0 Å². The molecular weight excluding hydrogens is 312 g/mol. The number of amides is 1. The lowest BCUT2D eigenvalue weighted by Gasteiger charge is -2.38. The number of carbonyl (C=O) groups excluding carboxylic acids is 1. The Kier molecular flexibility index (Phi) is 6.13. The molecule has 2 fully saturated rings. The van der Waals surface area contributed by atoms with Gasteiger partial charge in [-0.05, 0) is 57.3 Å². The summed E-state index contributed by atoms with van der Waals surface area (Å²) in [6.45, 7) is 2.03. The Balaban J connectivity index is 1.74. The summed E-state index contributed by atoms with van der Waals surface area (Å²) < 4.78 is 0. The second-order valence-corrected chi connectivity index (χ2v) is 7.91. The first-order chi connectivity index (χ1) is 12.1. The van der Waals surface area contributed by atoms with E-state index in [2.05, 4.69) is 24.1 Å². The molecule has 1 aliphatic carbocycles. The average molecular weight is 344 g/mol. The molecule has 1 N–H and O–H groups in total. The summed E-state index contributed by atoms with van der Waals surface area (Å²) in [5.41, 5.74) is 1.10. The van der Waals surface area contributed by atoms with Crippen molar-refractivity contribution in [2.75, 3.05) is 27.2 Å². The monoisotopic (exact) mass is 344 g/mol. The Morgan fingerprint density at radius 3 is 2.32 bits per heavy atom. The van der Waals surface area contributed by atoms with Crippen LogP contribution in [0.15, 0.2) is 30.3 Å². The van der Waals surface area contributed by atoms with E-state index in [0.29, 0.717) is 5.92 Å². The van der Waals surface area contributed by atoms with E-state index < -0.39 is 6.10 Å². The van der Waals surface area contributed by atoms with Crippen molar-refractivity contribution in [1.29, 1.82) is 0 Å². The van der Waals surface area contributed by atoms with E-state index in [9.17, 15) is 9.90 Å². The van der Waals surface area contributed by atoms with E-state index in [1.54, 1.807) is 0 Å². The van der Waals surface area contributed by atoms with Crippen LogP contribution in [-0.4, -0.2) is 60.1 Å². The summed E-state index contributed by atoms with van der Waals surface area (Å²) in [4.78, 5) is 17.2. The molecule has 4 heteroatoms. The SMILES string of the molecule is CN1CCC(N(C)C(=O)C(O)C(c2ccccc2)C2CCCC2)CC1. The number of likely N-dealkylation sites (N-methyl/N-ethyl adjacent to an activating group) is 1. The van der Waals surface area contributed by atoms with E-state index in [1.807, 2.05) is 30.1 Å². The van der Waals surface area contributed by atoms with Crippen molar-refractivity contribution in [1.82, 2.24) is 9.80 Å². The number of hydrogen-bond acceptors (Lipinski definition) is 3. The van der Waals surface area contributed by atoms with E-state index in [-0.39, 0.29) is 17.9 Å². The summed E-state index contributed by atoms with van der Waals surface area (Å²) in [6.07, 6.45) is 5.69. The minimum atomic E-state index is -0.935. The molecule has 2 aliphatic rings. The van der Waals surface area contributed by atoms with Crippen LogP contribution in [0.4, 0.5) is 0 Å². The summed E-state index contributed by atoms with van der Waals surface area (Å²) in [5.74, 6) is 0.229. The maximum Gasteiger partial charge on any atom is 0.252 e. The Hall–Kier alpha value is -1.39. The number of aliphatic hydroxyl groups is 1. The summed E-state index contributed by atoms with van der Waals surface area (Å²) >= 11 is 0. The number of carbonyl (C=O) groups is 1. The van der Waals surface area contributed by atoms with E-state index in [4.69, 9.17) is 0 Å². The molecule has 1 heterocycles. The molecule has 0 aromatic heterocycles. The first-order valence-electron chi connectivity index (χ1n) is 9.76. The fourth-order valence-corrected chi connectivity index (χ4v) is 4.63. The van der Waals surface area contributed by atoms with Crippen molar-refractivity contribution in [3.63, 3.8) is 0 Å². The number of aliphatic hydroxyl groups excluding tert-OH is 1. The third kappa shape index (κ3) is 4.24. The van der Waals surface area contributed by atoms with Crippen molar-refractivity contribution >= 4 is 5.91 Å². The van der Waals surface area contributed by atoms with Gasteiger partial charge in [0.15, 0.2) is 0 Å². The van der Waals surface area contributed by atoms with Crippen molar-refractivity contribution in [3.8, 4) is 0 Å². The van der Waals surface area contributed by atoms with Gasteiger partial charge >= 0.3 is 0 Å². The van der Waals surface area contributed by atoms with Gasteiger partial charge in [-0.2, -0.15) is 0 Å². The molecule has 1 aliphatic heterocycles. The first kappa shape index (κ1) is 18.4. The minimum Gasteiger partial charge on any atom is -0.383 e. The maximum atomic E-state index is 13.1. The van der Waals surface area contributed by atoms with E-state index >= 15 is 0 Å². The van der Waals surface area contributed by atoms with Crippen LogP contribution >= 0.6 is 0 Å². The fourth-order valence-electron chi connectivity index (χ4n) is 4.63. The molecule has 3 rings (SSSR count). The Morgan fingerprint density at radius 2 is 1.72 bits per heavy atom. The smallest absolute Gasteiger partial charge is 0.252 e. The normalized spacial score (nSPS) is 22.7. The van der Waals surface area contributed by atoms with Crippen LogP contribution in [0.1, 0.15) is 50.0 Å². The average Bonchev–Trinajstić information content (AvgIpc) is 3.16. The van der Waals surface area contributed by atoms with Crippen LogP contribution in [0.3, 0.4) is 0 Å². The Morgan fingerprint density at radius 1 is 1.12 bits per heavy atom.